The first-order chi connectivity index (χ1) is 13.1. The molecule has 150 valence electrons. The minimum absolute atomic E-state index is 0.0307. The van der Waals surface area contributed by atoms with Crippen LogP contribution < -0.4 is 10.6 Å². The topological polar surface area (TPSA) is 80.3 Å². The van der Waals surface area contributed by atoms with E-state index in [9.17, 15) is 9.59 Å². The standard InChI is InChI=1S/C20H31N3O3S/c1-13-18(27-20(22-13)15-9-11-21-12-10-15)19(25)23-16-6-3-14(4-7-16)5-8-17(24)26-2/h14-16,21H,3-12H2,1-2H3,(H,23,25). The van der Waals surface area contributed by atoms with Gasteiger partial charge in [0, 0.05) is 18.4 Å². The van der Waals surface area contributed by atoms with Gasteiger partial charge in [-0.15, -0.1) is 11.3 Å². The van der Waals surface area contributed by atoms with Crippen LogP contribution in [0, 0.1) is 12.8 Å². The van der Waals surface area contributed by atoms with Gasteiger partial charge in [-0.25, -0.2) is 4.98 Å². The number of esters is 1. The van der Waals surface area contributed by atoms with Crippen LogP contribution in [0.4, 0.5) is 0 Å². The Kier molecular flexibility index (Phi) is 7.24. The number of ether oxygens (including phenoxy) is 1. The van der Waals surface area contributed by atoms with E-state index in [1.165, 1.54) is 7.11 Å². The lowest BCUT2D eigenvalue weighted by atomic mass is 9.83. The van der Waals surface area contributed by atoms with Crippen molar-refractivity contribution in [2.24, 2.45) is 5.92 Å². The number of hydrogen-bond donors (Lipinski definition) is 2. The number of aryl methyl sites for hydroxylation is 1. The molecule has 0 atom stereocenters. The summed E-state index contributed by atoms with van der Waals surface area (Å²) < 4.78 is 4.72. The number of carbonyl (C=O) groups is 2. The average Bonchev–Trinajstić information content (AvgIpc) is 3.09. The minimum Gasteiger partial charge on any atom is -0.469 e. The molecular weight excluding hydrogens is 362 g/mol. The molecule has 1 aromatic rings. The summed E-state index contributed by atoms with van der Waals surface area (Å²) in [5, 5.41) is 7.71. The summed E-state index contributed by atoms with van der Waals surface area (Å²) in [7, 11) is 1.44. The highest BCUT2D eigenvalue weighted by Gasteiger charge is 2.26. The molecule has 2 aliphatic rings. The molecule has 0 spiro atoms. The van der Waals surface area contributed by atoms with Crippen LogP contribution >= 0.6 is 11.3 Å². The molecule has 1 saturated heterocycles. The molecule has 2 heterocycles. The van der Waals surface area contributed by atoms with Gasteiger partial charge in [-0.2, -0.15) is 0 Å². The van der Waals surface area contributed by atoms with Gasteiger partial charge in [0.05, 0.1) is 17.8 Å². The molecule has 3 rings (SSSR count). The molecule has 0 bridgehead atoms. The largest absolute Gasteiger partial charge is 0.469 e. The summed E-state index contributed by atoms with van der Waals surface area (Å²) in [6.07, 6.45) is 7.67. The summed E-state index contributed by atoms with van der Waals surface area (Å²) in [6, 6.07) is 0.232. The molecule has 1 saturated carbocycles. The van der Waals surface area contributed by atoms with Crippen LogP contribution in [0.5, 0.6) is 0 Å². The molecule has 1 aliphatic carbocycles. The van der Waals surface area contributed by atoms with Gasteiger partial charge in [0.15, 0.2) is 0 Å². The molecular formula is C20H31N3O3S. The number of amides is 1. The molecule has 1 aromatic heterocycles. The maximum Gasteiger partial charge on any atom is 0.305 e. The molecule has 2 fully saturated rings. The predicted octanol–water partition coefficient (Wildman–Crippen LogP) is 3.16. The number of nitrogens with zero attached hydrogens (tertiary/aromatic N) is 1. The first kappa shape index (κ1) is 20.3. The number of hydrogen-bond acceptors (Lipinski definition) is 6. The molecule has 27 heavy (non-hydrogen) atoms. The maximum atomic E-state index is 12.8. The second-order valence-electron chi connectivity index (χ2n) is 7.80. The zero-order valence-electron chi connectivity index (χ0n) is 16.4. The van der Waals surface area contributed by atoms with Crippen molar-refractivity contribution in [3.05, 3.63) is 15.6 Å². The fourth-order valence-corrected chi connectivity index (χ4v) is 5.28. The van der Waals surface area contributed by atoms with Crippen LogP contribution in [0.3, 0.4) is 0 Å². The Morgan fingerprint density at radius 1 is 1.19 bits per heavy atom. The van der Waals surface area contributed by atoms with Gasteiger partial charge in [-0.05, 0) is 70.9 Å². The van der Waals surface area contributed by atoms with E-state index in [2.05, 4.69) is 10.6 Å². The van der Waals surface area contributed by atoms with Crippen molar-refractivity contribution >= 4 is 23.2 Å². The highest BCUT2D eigenvalue weighted by Crippen LogP contribution is 2.32. The SMILES string of the molecule is COC(=O)CCC1CCC(NC(=O)c2sc(C3CCNCC3)nc2C)CC1. The van der Waals surface area contributed by atoms with Gasteiger partial charge in [0.2, 0.25) is 0 Å². The molecule has 1 aliphatic heterocycles. The van der Waals surface area contributed by atoms with Crippen LogP contribution in [0.2, 0.25) is 0 Å². The smallest absolute Gasteiger partial charge is 0.305 e. The fraction of sp³-hybridized carbons (Fsp3) is 0.750. The third kappa shape index (κ3) is 5.51. The maximum absolute atomic E-state index is 12.8. The van der Waals surface area contributed by atoms with Crippen LogP contribution in [0.25, 0.3) is 0 Å². The molecule has 6 nitrogen and oxygen atoms in total. The van der Waals surface area contributed by atoms with Crippen LogP contribution in [-0.2, 0) is 9.53 Å². The Labute approximate surface area is 165 Å². The Morgan fingerprint density at radius 3 is 2.56 bits per heavy atom. The van der Waals surface area contributed by atoms with E-state index in [4.69, 9.17) is 9.72 Å². The van der Waals surface area contributed by atoms with E-state index >= 15 is 0 Å². The average molecular weight is 394 g/mol. The summed E-state index contributed by atoms with van der Waals surface area (Å²) in [5.74, 6) is 0.953. The van der Waals surface area contributed by atoms with E-state index in [0.717, 1.165) is 73.6 Å². The number of carbonyl (C=O) groups excluding carboxylic acids is 2. The van der Waals surface area contributed by atoms with Crippen molar-refractivity contribution in [3.63, 3.8) is 0 Å². The van der Waals surface area contributed by atoms with Crippen LogP contribution in [0.1, 0.15) is 77.7 Å². The summed E-state index contributed by atoms with van der Waals surface area (Å²) >= 11 is 1.57. The van der Waals surface area contributed by atoms with E-state index in [1.807, 2.05) is 6.92 Å². The number of methoxy groups -OCH3 is 1. The zero-order valence-corrected chi connectivity index (χ0v) is 17.2. The summed E-state index contributed by atoms with van der Waals surface area (Å²) in [6.45, 7) is 4.01. The van der Waals surface area contributed by atoms with Crippen molar-refractivity contribution < 1.29 is 14.3 Å². The highest BCUT2D eigenvalue weighted by molar-refractivity contribution is 7.13. The Bertz CT molecular complexity index is 647. The highest BCUT2D eigenvalue weighted by atomic mass is 32.1. The third-order valence-corrected chi connectivity index (χ3v) is 7.19. The van der Waals surface area contributed by atoms with Crippen LogP contribution in [-0.4, -0.2) is 43.1 Å². The molecule has 2 N–H and O–H groups in total. The van der Waals surface area contributed by atoms with Crippen molar-refractivity contribution in [1.29, 1.82) is 0 Å². The lowest BCUT2D eigenvalue weighted by molar-refractivity contribution is -0.141. The lowest BCUT2D eigenvalue weighted by Gasteiger charge is -2.28. The van der Waals surface area contributed by atoms with E-state index < -0.39 is 0 Å². The molecule has 0 aromatic carbocycles. The molecule has 7 heteroatoms. The summed E-state index contributed by atoms with van der Waals surface area (Å²) in [5.41, 5.74) is 0.859. The van der Waals surface area contributed by atoms with Gasteiger partial charge >= 0.3 is 5.97 Å². The Hall–Kier alpha value is -1.47. The van der Waals surface area contributed by atoms with Crippen molar-refractivity contribution in [3.8, 4) is 0 Å². The van der Waals surface area contributed by atoms with Crippen molar-refractivity contribution in [2.45, 2.75) is 70.3 Å². The van der Waals surface area contributed by atoms with Gasteiger partial charge in [-0.1, -0.05) is 0 Å². The number of piperidine rings is 1. The third-order valence-electron chi connectivity index (χ3n) is 5.87. The Balaban J connectivity index is 1.48. The van der Waals surface area contributed by atoms with Crippen molar-refractivity contribution in [2.75, 3.05) is 20.2 Å². The van der Waals surface area contributed by atoms with E-state index in [0.29, 0.717) is 18.3 Å². The number of rotatable bonds is 6. The Morgan fingerprint density at radius 2 is 1.89 bits per heavy atom. The first-order valence-corrected chi connectivity index (χ1v) is 10.9. The molecule has 0 radical (unpaired) electrons. The van der Waals surface area contributed by atoms with Gasteiger partial charge in [-0.3, -0.25) is 9.59 Å². The fourth-order valence-electron chi connectivity index (χ4n) is 4.14. The van der Waals surface area contributed by atoms with Crippen molar-refractivity contribution in [1.82, 2.24) is 15.6 Å². The summed E-state index contributed by atoms with van der Waals surface area (Å²) in [4.78, 5) is 29.5. The lowest BCUT2D eigenvalue weighted by Crippen LogP contribution is -2.37. The molecule has 1 amide bonds. The second-order valence-corrected chi connectivity index (χ2v) is 8.83. The van der Waals surface area contributed by atoms with E-state index in [-0.39, 0.29) is 17.9 Å². The van der Waals surface area contributed by atoms with Gasteiger partial charge in [0.25, 0.3) is 5.91 Å². The predicted molar refractivity (Wildman–Crippen MR) is 106 cm³/mol. The second kappa shape index (κ2) is 9.64. The number of aromatic nitrogens is 1. The first-order valence-electron chi connectivity index (χ1n) is 10.1. The van der Waals surface area contributed by atoms with E-state index in [1.54, 1.807) is 11.3 Å². The van der Waals surface area contributed by atoms with Gasteiger partial charge in [0.1, 0.15) is 4.88 Å². The normalized spacial score (nSPS) is 23.8. The monoisotopic (exact) mass is 393 g/mol. The molecule has 0 unspecified atom stereocenters. The minimum atomic E-state index is -0.129. The number of thiazole rings is 1. The quantitative estimate of drug-likeness (QED) is 0.726. The van der Waals surface area contributed by atoms with Crippen LogP contribution in [0.15, 0.2) is 0 Å². The van der Waals surface area contributed by atoms with Gasteiger partial charge < -0.3 is 15.4 Å². The number of nitrogens with one attached hydrogen (secondary N) is 2. The zero-order chi connectivity index (χ0) is 19.2.